The second-order valence-electron chi connectivity index (χ2n) is 5.87. The van der Waals surface area contributed by atoms with E-state index in [0.29, 0.717) is 0 Å². The molecule has 118 valence electrons. The minimum atomic E-state index is -0.270. The molecule has 3 aromatic carbocycles. The normalized spacial score (nSPS) is 20.0. The maximum atomic E-state index is 4.97. The summed E-state index contributed by atoms with van der Waals surface area (Å²) in [6.45, 7) is 2.24. The molecule has 1 aliphatic heterocycles. The number of hydrogen-bond donors (Lipinski definition) is 0. The van der Waals surface area contributed by atoms with Gasteiger partial charge in [0.25, 0.3) is 0 Å². The quantitative estimate of drug-likeness (QED) is 0.632. The van der Waals surface area contributed by atoms with Gasteiger partial charge < -0.3 is 0 Å². The van der Waals surface area contributed by atoms with Crippen LogP contribution in [0.25, 0.3) is 0 Å². The van der Waals surface area contributed by atoms with Crippen molar-refractivity contribution in [3.05, 3.63) is 102 Å². The molecule has 2 nitrogen and oxygen atoms in total. The van der Waals surface area contributed by atoms with Crippen LogP contribution in [0.15, 0.2) is 96.1 Å². The fourth-order valence-corrected chi connectivity index (χ4v) is 4.18. The van der Waals surface area contributed by atoms with Crippen molar-refractivity contribution < 1.29 is 0 Å². The molecular formula is C21H18N2S. The highest BCUT2D eigenvalue weighted by Gasteiger charge is 2.42. The van der Waals surface area contributed by atoms with Crippen LogP contribution >= 0.6 is 11.8 Å². The molecule has 24 heavy (non-hydrogen) atoms. The maximum absolute atomic E-state index is 4.97. The molecule has 1 unspecified atom stereocenters. The van der Waals surface area contributed by atoms with Crippen molar-refractivity contribution in [1.29, 1.82) is 0 Å². The molecule has 1 heterocycles. The van der Waals surface area contributed by atoms with Crippen LogP contribution in [0.5, 0.6) is 0 Å². The Morgan fingerprint density at radius 3 is 1.92 bits per heavy atom. The van der Waals surface area contributed by atoms with E-state index in [-0.39, 0.29) is 4.87 Å². The Labute approximate surface area is 146 Å². The zero-order valence-corrected chi connectivity index (χ0v) is 14.3. The van der Waals surface area contributed by atoms with Gasteiger partial charge in [0.05, 0.1) is 5.69 Å². The third-order valence-corrected chi connectivity index (χ3v) is 5.54. The van der Waals surface area contributed by atoms with Gasteiger partial charge in [0.15, 0.2) is 0 Å². The molecule has 0 spiro atoms. The average molecular weight is 330 g/mol. The van der Waals surface area contributed by atoms with Crippen molar-refractivity contribution in [2.75, 3.05) is 5.01 Å². The summed E-state index contributed by atoms with van der Waals surface area (Å²) in [6, 6.07) is 31.3. The number of para-hydroxylation sites is 1. The van der Waals surface area contributed by atoms with Crippen molar-refractivity contribution in [3.8, 4) is 0 Å². The monoisotopic (exact) mass is 330 g/mol. The van der Waals surface area contributed by atoms with Crippen molar-refractivity contribution in [2.24, 2.45) is 5.10 Å². The molecule has 0 radical (unpaired) electrons. The molecule has 1 atom stereocenters. The van der Waals surface area contributed by atoms with E-state index in [1.807, 2.05) is 12.1 Å². The Kier molecular flexibility index (Phi) is 3.87. The highest BCUT2D eigenvalue weighted by Crippen LogP contribution is 2.48. The van der Waals surface area contributed by atoms with Gasteiger partial charge in [0.2, 0.25) is 0 Å². The largest absolute Gasteiger partial charge is 0.244 e. The number of anilines is 1. The molecule has 3 aromatic rings. The molecule has 4 rings (SSSR count). The number of benzene rings is 3. The molecule has 0 amide bonds. The lowest BCUT2D eigenvalue weighted by atomic mass is 10.1. The topological polar surface area (TPSA) is 15.6 Å². The number of hydrogen-bond acceptors (Lipinski definition) is 3. The van der Waals surface area contributed by atoms with Crippen molar-refractivity contribution >= 4 is 22.5 Å². The predicted octanol–water partition coefficient (Wildman–Crippen LogP) is 5.47. The Bertz CT molecular complexity index is 847. The molecular weight excluding hydrogens is 312 g/mol. The first-order chi connectivity index (χ1) is 11.8. The van der Waals surface area contributed by atoms with Crippen LogP contribution in [-0.4, -0.2) is 5.04 Å². The Balaban J connectivity index is 1.82. The lowest BCUT2D eigenvalue weighted by molar-refractivity contribution is 0.653. The van der Waals surface area contributed by atoms with Gasteiger partial charge >= 0.3 is 0 Å². The lowest BCUT2D eigenvalue weighted by Crippen LogP contribution is -2.34. The van der Waals surface area contributed by atoms with Crippen LogP contribution in [0, 0.1) is 0 Å². The van der Waals surface area contributed by atoms with Gasteiger partial charge in [-0.1, -0.05) is 90.6 Å². The second kappa shape index (κ2) is 6.17. The summed E-state index contributed by atoms with van der Waals surface area (Å²) in [6.07, 6.45) is 0. The van der Waals surface area contributed by atoms with E-state index < -0.39 is 0 Å². The minimum Gasteiger partial charge on any atom is -0.244 e. The van der Waals surface area contributed by atoms with Crippen LogP contribution in [-0.2, 0) is 4.87 Å². The number of rotatable bonds is 3. The number of hydrazone groups is 1. The fourth-order valence-electron chi connectivity index (χ4n) is 2.94. The third kappa shape index (κ3) is 2.61. The molecule has 0 N–H and O–H groups in total. The molecule has 3 heteroatoms. The smallest absolute Gasteiger partial charge is 0.137 e. The van der Waals surface area contributed by atoms with E-state index in [9.17, 15) is 0 Å². The summed E-state index contributed by atoms with van der Waals surface area (Å²) >= 11 is 1.80. The van der Waals surface area contributed by atoms with Crippen molar-refractivity contribution in [2.45, 2.75) is 11.8 Å². The molecule has 0 fully saturated rings. The van der Waals surface area contributed by atoms with Gasteiger partial charge in [-0.15, -0.1) is 0 Å². The first-order valence-corrected chi connectivity index (χ1v) is 8.83. The molecule has 0 aliphatic carbocycles. The lowest BCUT2D eigenvalue weighted by Gasteiger charge is -2.33. The number of nitrogens with zero attached hydrogens (tertiary/aromatic N) is 2. The molecule has 0 aromatic heterocycles. The summed E-state index contributed by atoms with van der Waals surface area (Å²) in [5, 5.41) is 8.15. The van der Waals surface area contributed by atoms with Crippen LogP contribution in [0.2, 0.25) is 0 Å². The first kappa shape index (κ1) is 15.0. The van der Waals surface area contributed by atoms with Crippen LogP contribution in [0.3, 0.4) is 0 Å². The highest BCUT2D eigenvalue weighted by molar-refractivity contribution is 8.15. The Hall–Kier alpha value is -2.52. The fraction of sp³-hybridized carbons (Fsp3) is 0.0952. The van der Waals surface area contributed by atoms with E-state index in [1.54, 1.807) is 11.8 Å². The molecule has 0 saturated heterocycles. The minimum absolute atomic E-state index is 0.270. The molecule has 0 saturated carbocycles. The van der Waals surface area contributed by atoms with Gasteiger partial charge in [-0.25, -0.2) is 5.01 Å². The van der Waals surface area contributed by atoms with Crippen molar-refractivity contribution in [3.63, 3.8) is 0 Å². The Morgan fingerprint density at radius 2 is 1.29 bits per heavy atom. The van der Waals surface area contributed by atoms with E-state index in [0.717, 1.165) is 16.3 Å². The third-order valence-electron chi connectivity index (χ3n) is 4.22. The summed E-state index contributed by atoms with van der Waals surface area (Å²) in [4.78, 5) is -0.270. The van der Waals surface area contributed by atoms with E-state index >= 15 is 0 Å². The van der Waals surface area contributed by atoms with Gasteiger partial charge in [-0.3, -0.25) is 0 Å². The summed E-state index contributed by atoms with van der Waals surface area (Å²) < 4.78 is 0. The maximum Gasteiger partial charge on any atom is 0.137 e. The molecule has 1 aliphatic rings. The summed E-state index contributed by atoms with van der Waals surface area (Å²) in [7, 11) is 0. The SMILES string of the molecule is CC1(c2ccccc2)SC(c2ccccc2)=NN1c1ccccc1. The summed E-state index contributed by atoms with van der Waals surface area (Å²) in [5.74, 6) is 0. The Morgan fingerprint density at radius 1 is 0.750 bits per heavy atom. The average Bonchev–Trinajstić information content (AvgIpc) is 3.03. The molecule has 0 bridgehead atoms. The van der Waals surface area contributed by atoms with E-state index in [4.69, 9.17) is 5.10 Å². The zero-order valence-electron chi connectivity index (χ0n) is 13.5. The highest BCUT2D eigenvalue weighted by atomic mass is 32.2. The van der Waals surface area contributed by atoms with Crippen molar-refractivity contribution in [1.82, 2.24) is 0 Å². The first-order valence-electron chi connectivity index (χ1n) is 8.01. The summed E-state index contributed by atoms with van der Waals surface area (Å²) in [5.41, 5.74) is 3.50. The van der Waals surface area contributed by atoms with Gasteiger partial charge in [0.1, 0.15) is 9.91 Å². The predicted molar refractivity (Wildman–Crippen MR) is 103 cm³/mol. The van der Waals surface area contributed by atoms with Gasteiger partial charge in [0, 0.05) is 5.56 Å². The zero-order chi connectivity index (χ0) is 16.4. The standard InChI is InChI=1S/C21H18N2S/c1-21(18-13-7-3-8-14-18)23(19-15-9-4-10-16-19)22-20(24-21)17-11-5-2-6-12-17/h2-16H,1H3. The van der Waals surface area contributed by atoms with E-state index in [2.05, 4.69) is 90.8 Å². The van der Waals surface area contributed by atoms with Gasteiger partial charge in [-0.05, 0) is 24.6 Å². The van der Waals surface area contributed by atoms with E-state index in [1.165, 1.54) is 5.56 Å². The van der Waals surface area contributed by atoms with Crippen LogP contribution in [0.1, 0.15) is 18.1 Å². The second-order valence-corrected chi connectivity index (χ2v) is 7.26. The van der Waals surface area contributed by atoms with Crippen LogP contribution < -0.4 is 5.01 Å². The van der Waals surface area contributed by atoms with Gasteiger partial charge in [-0.2, -0.15) is 5.10 Å². The van der Waals surface area contributed by atoms with Crippen LogP contribution in [0.4, 0.5) is 5.69 Å². The number of thioether (sulfide) groups is 1.